The van der Waals surface area contributed by atoms with E-state index in [4.69, 9.17) is 8.83 Å². The lowest BCUT2D eigenvalue weighted by atomic mass is 9.95. The number of carbonyl (C=O) groups excluding carboxylic acids is 2. The van der Waals surface area contributed by atoms with E-state index in [-0.39, 0.29) is 35.9 Å². The molecule has 1 aliphatic heterocycles. The first-order valence-electron chi connectivity index (χ1n) is 11.2. The summed E-state index contributed by atoms with van der Waals surface area (Å²) in [7, 11) is 1.65. The summed E-state index contributed by atoms with van der Waals surface area (Å²) in [6, 6.07) is 11.4. The number of anilines is 2. The zero-order valence-electron chi connectivity index (χ0n) is 19.5. The van der Waals surface area contributed by atoms with E-state index in [1.807, 2.05) is 36.9 Å². The SMILES string of the molecule is Cc1ccc(C)c(NC(=O)CN(C)C(=O)C2CCN(c3oc(-c4ccco4)nc3C#N)CC2)c1. The van der Waals surface area contributed by atoms with E-state index >= 15 is 0 Å². The van der Waals surface area contributed by atoms with Gasteiger partial charge in [-0.3, -0.25) is 9.59 Å². The van der Waals surface area contributed by atoms with Crippen molar-refractivity contribution >= 4 is 23.4 Å². The molecule has 1 saturated heterocycles. The van der Waals surface area contributed by atoms with Crippen molar-refractivity contribution in [3.05, 3.63) is 53.4 Å². The van der Waals surface area contributed by atoms with Crippen LogP contribution in [0.5, 0.6) is 0 Å². The number of hydrogen-bond donors (Lipinski definition) is 1. The molecule has 1 fully saturated rings. The summed E-state index contributed by atoms with van der Waals surface area (Å²) in [5.74, 6) is 0.601. The number of amides is 2. The third kappa shape index (κ3) is 4.96. The number of piperidine rings is 1. The van der Waals surface area contributed by atoms with Gasteiger partial charge in [0.05, 0.1) is 12.8 Å². The average molecular weight is 462 g/mol. The fourth-order valence-corrected chi connectivity index (χ4v) is 4.10. The first-order valence-corrected chi connectivity index (χ1v) is 11.2. The van der Waals surface area contributed by atoms with Crippen LogP contribution in [0.15, 0.2) is 45.4 Å². The van der Waals surface area contributed by atoms with Crippen molar-refractivity contribution in [3.63, 3.8) is 0 Å². The van der Waals surface area contributed by atoms with Gasteiger partial charge in [-0.25, -0.2) is 0 Å². The molecule has 3 aromatic rings. The number of aryl methyl sites for hydroxylation is 2. The van der Waals surface area contributed by atoms with Crippen LogP contribution in [0.4, 0.5) is 11.6 Å². The highest BCUT2D eigenvalue weighted by molar-refractivity contribution is 5.95. The number of nitrogens with one attached hydrogen (secondary N) is 1. The molecule has 9 nitrogen and oxygen atoms in total. The van der Waals surface area contributed by atoms with Gasteiger partial charge in [0, 0.05) is 31.7 Å². The number of oxazole rings is 1. The number of nitrogens with zero attached hydrogens (tertiary/aromatic N) is 4. The third-order valence-corrected chi connectivity index (χ3v) is 6.00. The summed E-state index contributed by atoms with van der Waals surface area (Å²) in [5, 5.41) is 12.4. The second kappa shape index (κ2) is 9.83. The van der Waals surface area contributed by atoms with Gasteiger partial charge in [-0.1, -0.05) is 12.1 Å². The van der Waals surface area contributed by atoms with Crippen molar-refractivity contribution in [2.75, 3.05) is 36.9 Å². The minimum absolute atomic E-state index is 0.0143. The molecule has 1 N–H and O–H groups in total. The van der Waals surface area contributed by atoms with Gasteiger partial charge in [0.25, 0.3) is 5.89 Å². The second-order valence-corrected chi connectivity index (χ2v) is 8.58. The first-order chi connectivity index (χ1) is 16.4. The number of nitriles is 1. The van der Waals surface area contributed by atoms with Gasteiger partial charge in [0.15, 0.2) is 5.76 Å². The highest BCUT2D eigenvalue weighted by Crippen LogP contribution is 2.31. The molecular formula is C25H27N5O4. The van der Waals surface area contributed by atoms with Crippen LogP contribution in [-0.2, 0) is 9.59 Å². The van der Waals surface area contributed by atoms with Gasteiger partial charge < -0.3 is 24.0 Å². The maximum absolute atomic E-state index is 13.0. The Balaban J connectivity index is 1.33. The molecule has 1 aliphatic rings. The summed E-state index contributed by atoms with van der Waals surface area (Å²) in [4.78, 5) is 33.1. The minimum Gasteiger partial charge on any atom is -0.459 e. The Morgan fingerprint density at radius 1 is 1.26 bits per heavy atom. The molecule has 1 aromatic carbocycles. The molecule has 4 rings (SSSR count). The molecule has 0 bridgehead atoms. The molecule has 9 heteroatoms. The number of hydrogen-bond acceptors (Lipinski definition) is 7. The molecular weight excluding hydrogens is 434 g/mol. The molecule has 0 aliphatic carbocycles. The van der Waals surface area contributed by atoms with Crippen molar-refractivity contribution in [3.8, 4) is 17.7 Å². The van der Waals surface area contributed by atoms with Crippen molar-refractivity contribution in [2.24, 2.45) is 5.92 Å². The Labute approximate surface area is 198 Å². The lowest BCUT2D eigenvalue weighted by Gasteiger charge is -2.32. The largest absolute Gasteiger partial charge is 0.459 e. The topological polar surface area (TPSA) is 116 Å². The third-order valence-electron chi connectivity index (χ3n) is 6.00. The number of likely N-dealkylation sites (N-methyl/N-ethyl adjacent to an activating group) is 1. The van der Waals surface area contributed by atoms with Crippen molar-refractivity contribution < 1.29 is 18.4 Å². The van der Waals surface area contributed by atoms with E-state index in [1.54, 1.807) is 19.2 Å². The van der Waals surface area contributed by atoms with Gasteiger partial charge in [0.2, 0.25) is 23.4 Å². The van der Waals surface area contributed by atoms with Gasteiger partial charge in [-0.15, -0.1) is 0 Å². The monoisotopic (exact) mass is 461 g/mol. The Morgan fingerprint density at radius 2 is 2.03 bits per heavy atom. The number of rotatable bonds is 6. The summed E-state index contributed by atoms with van der Waals surface area (Å²) in [5.41, 5.74) is 2.98. The first kappa shape index (κ1) is 23.1. The standard InChI is InChI=1S/C25H27N5O4/c1-16-6-7-17(2)19(13-16)27-22(31)15-29(3)24(32)18-8-10-30(11-9-18)25-20(14-26)28-23(34-25)21-5-4-12-33-21/h4-7,12-13,18H,8-11,15H2,1-3H3,(H,27,31). The molecule has 0 spiro atoms. The smallest absolute Gasteiger partial charge is 0.266 e. The molecule has 0 atom stereocenters. The molecule has 0 unspecified atom stereocenters. The van der Waals surface area contributed by atoms with E-state index in [0.717, 1.165) is 16.8 Å². The predicted octanol–water partition coefficient (Wildman–Crippen LogP) is 3.74. The lowest BCUT2D eigenvalue weighted by Crippen LogP contribution is -2.43. The molecule has 34 heavy (non-hydrogen) atoms. The van der Waals surface area contributed by atoms with Crippen LogP contribution in [-0.4, -0.2) is 48.4 Å². The van der Waals surface area contributed by atoms with E-state index < -0.39 is 0 Å². The van der Waals surface area contributed by atoms with Crippen molar-refractivity contribution in [1.29, 1.82) is 5.26 Å². The Kier molecular flexibility index (Phi) is 6.68. The number of benzene rings is 1. The van der Waals surface area contributed by atoms with Crippen LogP contribution >= 0.6 is 0 Å². The van der Waals surface area contributed by atoms with Crippen LogP contribution in [0.3, 0.4) is 0 Å². The molecule has 3 heterocycles. The summed E-state index contributed by atoms with van der Waals surface area (Å²) >= 11 is 0. The van der Waals surface area contributed by atoms with E-state index in [2.05, 4.69) is 16.4 Å². The number of furan rings is 1. The maximum Gasteiger partial charge on any atom is 0.266 e. The van der Waals surface area contributed by atoms with Gasteiger partial charge in [0.1, 0.15) is 6.07 Å². The predicted molar refractivity (Wildman–Crippen MR) is 126 cm³/mol. The maximum atomic E-state index is 13.0. The van der Waals surface area contributed by atoms with Crippen molar-refractivity contribution in [2.45, 2.75) is 26.7 Å². The van der Waals surface area contributed by atoms with Gasteiger partial charge in [-0.2, -0.15) is 10.2 Å². The lowest BCUT2D eigenvalue weighted by molar-refractivity contribution is -0.137. The van der Waals surface area contributed by atoms with Crippen LogP contribution < -0.4 is 10.2 Å². The van der Waals surface area contributed by atoms with Crippen LogP contribution in [0.2, 0.25) is 0 Å². The normalized spacial score (nSPS) is 14.0. The number of aromatic nitrogens is 1. The van der Waals surface area contributed by atoms with E-state index in [1.165, 1.54) is 11.2 Å². The zero-order chi connectivity index (χ0) is 24.2. The van der Waals surface area contributed by atoms with Crippen LogP contribution in [0.1, 0.15) is 29.7 Å². The fraction of sp³-hybridized carbons (Fsp3) is 0.360. The van der Waals surface area contributed by atoms with Crippen molar-refractivity contribution in [1.82, 2.24) is 9.88 Å². The quantitative estimate of drug-likeness (QED) is 0.594. The number of carbonyl (C=O) groups is 2. The van der Waals surface area contributed by atoms with E-state index in [0.29, 0.717) is 37.6 Å². The molecule has 0 saturated carbocycles. The Bertz CT molecular complexity index is 1220. The van der Waals surface area contributed by atoms with Gasteiger partial charge in [-0.05, 0) is 56.0 Å². The zero-order valence-corrected chi connectivity index (χ0v) is 19.5. The Hall–Kier alpha value is -4.06. The highest BCUT2D eigenvalue weighted by Gasteiger charge is 2.31. The molecule has 2 amide bonds. The van der Waals surface area contributed by atoms with Crippen LogP contribution in [0, 0.1) is 31.1 Å². The highest BCUT2D eigenvalue weighted by atomic mass is 16.4. The van der Waals surface area contributed by atoms with Gasteiger partial charge >= 0.3 is 0 Å². The Morgan fingerprint density at radius 3 is 2.71 bits per heavy atom. The second-order valence-electron chi connectivity index (χ2n) is 8.58. The minimum atomic E-state index is -0.229. The molecule has 176 valence electrons. The average Bonchev–Trinajstić information content (AvgIpc) is 3.51. The van der Waals surface area contributed by atoms with Crippen LogP contribution in [0.25, 0.3) is 11.7 Å². The molecule has 0 radical (unpaired) electrons. The summed E-state index contributed by atoms with van der Waals surface area (Å²) in [6.45, 7) is 4.97. The van der Waals surface area contributed by atoms with E-state index in [9.17, 15) is 14.9 Å². The summed E-state index contributed by atoms with van der Waals surface area (Å²) < 4.78 is 11.1. The molecule has 2 aromatic heterocycles. The fourth-order valence-electron chi connectivity index (χ4n) is 4.10. The summed E-state index contributed by atoms with van der Waals surface area (Å²) in [6.07, 6.45) is 2.69.